The van der Waals surface area contributed by atoms with Crippen LogP contribution in [-0.4, -0.2) is 31.1 Å². The Hall–Kier alpha value is -1.22. The van der Waals surface area contributed by atoms with Crippen LogP contribution in [0.1, 0.15) is 44.7 Å². The Bertz CT molecular complexity index is 398. The molecule has 0 spiro atoms. The van der Waals surface area contributed by atoms with Gasteiger partial charge in [0.25, 0.3) is 0 Å². The third-order valence-corrected chi connectivity index (χ3v) is 3.58. The van der Waals surface area contributed by atoms with Crippen LogP contribution in [0.4, 0.5) is 5.69 Å². The summed E-state index contributed by atoms with van der Waals surface area (Å²) in [6.45, 7) is 14.5. The van der Waals surface area contributed by atoms with Crippen LogP contribution in [0.2, 0.25) is 0 Å². The number of nitrogens with zero attached hydrogens (tertiary/aromatic N) is 1. The van der Waals surface area contributed by atoms with Gasteiger partial charge in [0, 0.05) is 12.2 Å². The summed E-state index contributed by atoms with van der Waals surface area (Å²) in [4.78, 5) is 2.36. The Morgan fingerprint density at radius 2 is 1.84 bits per heavy atom. The maximum atomic E-state index is 5.98. The number of rotatable bonds is 7. The molecule has 3 heteroatoms. The molecular formula is C16H28N2O. The molecule has 0 unspecified atom stereocenters. The monoisotopic (exact) mass is 264 g/mol. The highest BCUT2D eigenvalue weighted by atomic mass is 16.5. The lowest BCUT2D eigenvalue weighted by Gasteiger charge is -2.20. The second kappa shape index (κ2) is 7.39. The van der Waals surface area contributed by atoms with Crippen LogP contribution in [0.3, 0.4) is 0 Å². The van der Waals surface area contributed by atoms with Crippen molar-refractivity contribution in [3.05, 3.63) is 23.3 Å². The third-order valence-electron chi connectivity index (χ3n) is 3.58. The van der Waals surface area contributed by atoms with Gasteiger partial charge >= 0.3 is 0 Å². The van der Waals surface area contributed by atoms with Gasteiger partial charge in [-0.1, -0.05) is 27.7 Å². The SMILES string of the molecule is CCN(CC)CCOc1cc(C)c(N)cc1C(C)C. The molecule has 1 rings (SSSR count). The zero-order valence-corrected chi connectivity index (χ0v) is 13.0. The second-order valence-electron chi connectivity index (χ2n) is 5.28. The lowest BCUT2D eigenvalue weighted by Crippen LogP contribution is -2.28. The lowest BCUT2D eigenvalue weighted by molar-refractivity contribution is 0.221. The first kappa shape index (κ1) is 15.8. The van der Waals surface area contributed by atoms with Crippen LogP contribution in [0.15, 0.2) is 12.1 Å². The molecule has 0 aromatic heterocycles. The van der Waals surface area contributed by atoms with Crippen molar-refractivity contribution in [1.29, 1.82) is 0 Å². The predicted molar refractivity (Wildman–Crippen MR) is 83.0 cm³/mol. The Labute approximate surface area is 117 Å². The number of benzene rings is 1. The summed E-state index contributed by atoms with van der Waals surface area (Å²) in [5.41, 5.74) is 9.11. The first-order chi connectivity index (χ1) is 8.99. The van der Waals surface area contributed by atoms with Gasteiger partial charge in [-0.2, -0.15) is 0 Å². The highest BCUT2D eigenvalue weighted by Gasteiger charge is 2.11. The zero-order chi connectivity index (χ0) is 14.4. The van der Waals surface area contributed by atoms with Crippen LogP contribution in [0.5, 0.6) is 5.75 Å². The molecule has 0 aliphatic rings. The van der Waals surface area contributed by atoms with Gasteiger partial charge in [-0.05, 0) is 49.2 Å². The number of hydrogen-bond acceptors (Lipinski definition) is 3. The van der Waals surface area contributed by atoms with E-state index in [1.165, 1.54) is 5.56 Å². The van der Waals surface area contributed by atoms with E-state index >= 15 is 0 Å². The Morgan fingerprint density at radius 3 is 2.37 bits per heavy atom. The summed E-state index contributed by atoms with van der Waals surface area (Å²) in [5, 5.41) is 0. The van der Waals surface area contributed by atoms with E-state index in [0.717, 1.165) is 43.2 Å². The molecule has 3 nitrogen and oxygen atoms in total. The quantitative estimate of drug-likeness (QED) is 0.767. The molecule has 1 aromatic carbocycles. The van der Waals surface area contributed by atoms with Gasteiger partial charge in [0.15, 0.2) is 0 Å². The van der Waals surface area contributed by atoms with Crippen LogP contribution in [-0.2, 0) is 0 Å². The van der Waals surface area contributed by atoms with Gasteiger partial charge < -0.3 is 15.4 Å². The van der Waals surface area contributed by atoms with E-state index in [4.69, 9.17) is 10.5 Å². The molecule has 1 aromatic rings. The molecule has 0 radical (unpaired) electrons. The molecule has 0 aliphatic carbocycles. The fourth-order valence-electron chi connectivity index (χ4n) is 2.12. The maximum Gasteiger partial charge on any atom is 0.123 e. The van der Waals surface area contributed by atoms with E-state index < -0.39 is 0 Å². The number of nitrogens with two attached hydrogens (primary N) is 1. The number of hydrogen-bond donors (Lipinski definition) is 1. The number of aryl methyl sites for hydroxylation is 1. The largest absolute Gasteiger partial charge is 0.492 e. The molecule has 0 amide bonds. The number of nitrogen functional groups attached to an aromatic ring is 1. The zero-order valence-electron chi connectivity index (χ0n) is 13.0. The molecule has 0 aliphatic heterocycles. The van der Waals surface area contributed by atoms with E-state index in [2.05, 4.69) is 38.7 Å². The van der Waals surface area contributed by atoms with Gasteiger partial charge in [0.05, 0.1) is 0 Å². The lowest BCUT2D eigenvalue weighted by atomic mass is 9.99. The van der Waals surface area contributed by atoms with Crippen LogP contribution >= 0.6 is 0 Å². The van der Waals surface area contributed by atoms with Gasteiger partial charge in [0.2, 0.25) is 0 Å². The highest BCUT2D eigenvalue weighted by molar-refractivity contribution is 5.55. The minimum atomic E-state index is 0.423. The van der Waals surface area contributed by atoms with Crippen molar-refractivity contribution in [2.24, 2.45) is 0 Å². The molecule has 2 N–H and O–H groups in total. The van der Waals surface area contributed by atoms with E-state index in [1.807, 2.05) is 13.0 Å². The molecular weight excluding hydrogens is 236 g/mol. The average molecular weight is 264 g/mol. The topological polar surface area (TPSA) is 38.5 Å². The van der Waals surface area contributed by atoms with Crippen molar-refractivity contribution < 1.29 is 4.74 Å². The fraction of sp³-hybridized carbons (Fsp3) is 0.625. The van der Waals surface area contributed by atoms with Crippen LogP contribution in [0.25, 0.3) is 0 Å². The normalized spacial score (nSPS) is 11.3. The second-order valence-corrected chi connectivity index (χ2v) is 5.28. The summed E-state index contributed by atoms with van der Waals surface area (Å²) < 4.78 is 5.97. The van der Waals surface area contributed by atoms with E-state index in [0.29, 0.717) is 5.92 Å². The summed E-state index contributed by atoms with van der Waals surface area (Å²) in [5.74, 6) is 1.40. The van der Waals surface area contributed by atoms with Gasteiger partial charge in [-0.25, -0.2) is 0 Å². The number of likely N-dealkylation sites (N-methyl/N-ethyl adjacent to an activating group) is 1. The first-order valence-corrected chi connectivity index (χ1v) is 7.24. The molecule has 0 bridgehead atoms. The van der Waals surface area contributed by atoms with Crippen LogP contribution < -0.4 is 10.5 Å². The number of ether oxygens (including phenoxy) is 1. The molecule has 0 heterocycles. The van der Waals surface area contributed by atoms with Crippen molar-refractivity contribution in [3.8, 4) is 5.75 Å². The molecule has 0 fully saturated rings. The van der Waals surface area contributed by atoms with Crippen LogP contribution in [0, 0.1) is 6.92 Å². The molecule has 108 valence electrons. The Balaban J connectivity index is 2.74. The predicted octanol–water partition coefficient (Wildman–Crippen LogP) is 3.42. The minimum Gasteiger partial charge on any atom is -0.492 e. The molecule has 19 heavy (non-hydrogen) atoms. The first-order valence-electron chi connectivity index (χ1n) is 7.24. The van der Waals surface area contributed by atoms with Gasteiger partial charge in [-0.3, -0.25) is 0 Å². The maximum absolute atomic E-state index is 5.98. The fourth-order valence-corrected chi connectivity index (χ4v) is 2.12. The molecule has 0 saturated carbocycles. The van der Waals surface area contributed by atoms with E-state index in [-0.39, 0.29) is 0 Å². The summed E-state index contributed by atoms with van der Waals surface area (Å²) >= 11 is 0. The van der Waals surface area contributed by atoms with Crippen molar-refractivity contribution >= 4 is 5.69 Å². The Kier molecular flexibility index (Phi) is 6.16. The smallest absolute Gasteiger partial charge is 0.123 e. The Morgan fingerprint density at radius 1 is 1.21 bits per heavy atom. The molecule has 0 atom stereocenters. The minimum absolute atomic E-state index is 0.423. The molecule has 0 saturated heterocycles. The van der Waals surface area contributed by atoms with E-state index in [9.17, 15) is 0 Å². The van der Waals surface area contributed by atoms with E-state index in [1.54, 1.807) is 0 Å². The summed E-state index contributed by atoms with van der Waals surface area (Å²) in [6, 6.07) is 4.11. The standard InChI is InChI=1S/C16H28N2O/c1-6-18(7-2)8-9-19-16-10-13(5)15(17)11-14(16)12(3)4/h10-12H,6-9,17H2,1-5H3. The van der Waals surface area contributed by atoms with Crippen molar-refractivity contribution in [2.45, 2.75) is 40.5 Å². The number of anilines is 1. The third kappa shape index (κ3) is 4.43. The summed E-state index contributed by atoms with van der Waals surface area (Å²) in [7, 11) is 0. The van der Waals surface area contributed by atoms with Gasteiger partial charge in [-0.15, -0.1) is 0 Å². The van der Waals surface area contributed by atoms with Gasteiger partial charge in [0.1, 0.15) is 12.4 Å². The van der Waals surface area contributed by atoms with Crippen molar-refractivity contribution in [3.63, 3.8) is 0 Å². The van der Waals surface area contributed by atoms with Crippen molar-refractivity contribution in [2.75, 3.05) is 32.0 Å². The summed E-state index contributed by atoms with van der Waals surface area (Å²) in [6.07, 6.45) is 0. The highest BCUT2D eigenvalue weighted by Crippen LogP contribution is 2.30. The van der Waals surface area contributed by atoms with Crippen molar-refractivity contribution in [1.82, 2.24) is 4.90 Å². The average Bonchev–Trinajstić information content (AvgIpc) is 2.38.